The number of carbonyl (C=O) groups excluding carboxylic acids is 2. The van der Waals surface area contributed by atoms with Crippen LogP contribution in [0.3, 0.4) is 0 Å². The summed E-state index contributed by atoms with van der Waals surface area (Å²) in [7, 11) is 0. The maximum Gasteiger partial charge on any atom is 0.454 e. The molecule has 1 aromatic carbocycles. The van der Waals surface area contributed by atoms with E-state index in [0.29, 0.717) is 18.9 Å². The molecule has 4 nitrogen and oxygen atoms in total. The summed E-state index contributed by atoms with van der Waals surface area (Å²) in [5.74, 6) is -2.61. The second kappa shape index (κ2) is 7.38. The van der Waals surface area contributed by atoms with Crippen LogP contribution in [0.1, 0.15) is 18.4 Å². The van der Waals surface area contributed by atoms with Crippen molar-refractivity contribution in [1.29, 1.82) is 0 Å². The Morgan fingerprint density at radius 3 is 2.23 bits per heavy atom. The van der Waals surface area contributed by atoms with Gasteiger partial charge in [-0.3, -0.25) is 9.59 Å². The summed E-state index contributed by atoms with van der Waals surface area (Å²) in [6.45, 7) is 0.284. The highest BCUT2D eigenvalue weighted by Crippen LogP contribution is 2.30. The zero-order chi connectivity index (χ0) is 19.5. The van der Waals surface area contributed by atoms with E-state index in [-0.39, 0.29) is 12.2 Å². The lowest BCUT2D eigenvalue weighted by molar-refractivity contribution is -0.165. The van der Waals surface area contributed by atoms with Crippen LogP contribution in [0.25, 0.3) is 0 Å². The van der Waals surface area contributed by atoms with E-state index in [1.54, 1.807) is 0 Å². The number of halogens is 6. The summed E-state index contributed by atoms with van der Waals surface area (Å²) in [5, 5.41) is 2.42. The fourth-order valence-electron chi connectivity index (χ4n) is 2.48. The van der Waals surface area contributed by atoms with Crippen LogP contribution < -0.4 is 5.32 Å². The first kappa shape index (κ1) is 19.8. The predicted molar refractivity (Wildman–Crippen MR) is 80.0 cm³/mol. The normalized spacial score (nSPS) is 18.4. The monoisotopic (exact) mass is 380 g/mol. The van der Waals surface area contributed by atoms with Crippen LogP contribution in [0.15, 0.2) is 36.5 Å². The number of hydrogen-bond acceptors (Lipinski definition) is 3. The SMILES string of the molecule is O=C(Nc1ccc(C(F)(F)F)cc1)C1CCCN1C=CC(=O)C(F)(F)F. The molecule has 26 heavy (non-hydrogen) atoms. The van der Waals surface area contributed by atoms with Gasteiger partial charge in [0.05, 0.1) is 5.56 Å². The Morgan fingerprint density at radius 2 is 1.69 bits per heavy atom. The van der Waals surface area contributed by atoms with Gasteiger partial charge < -0.3 is 10.2 Å². The summed E-state index contributed by atoms with van der Waals surface area (Å²) in [5.41, 5.74) is -0.739. The standard InChI is InChI=1S/C16H14F6N2O2/c17-15(18,19)10-3-5-11(6-4-10)23-14(26)12-2-1-8-24(12)9-7-13(25)16(20,21)22/h3-7,9,12H,1-2,8H2,(H,23,26). The molecule has 0 aliphatic carbocycles. The highest BCUT2D eigenvalue weighted by molar-refractivity contribution is 5.96. The molecular weight excluding hydrogens is 366 g/mol. The Bertz CT molecular complexity index is 694. The number of nitrogens with zero attached hydrogens (tertiary/aromatic N) is 1. The van der Waals surface area contributed by atoms with Crippen molar-refractivity contribution in [2.45, 2.75) is 31.2 Å². The van der Waals surface area contributed by atoms with Gasteiger partial charge in [0.25, 0.3) is 5.78 Å². The molecule has 1 N–H and O–H groups in total. The van der Waals surface area contributed by atoms with E-state index >= 15 is 0 Å². The van der Waals surface area contributed by atoms with Crippen molar-refractivity contribution in [3.63, 3.8) is 0 Å². The van der Waals surface area contributed by atoms with Crippen LogP contribution in [0, 0.1) is 0 Å². The van der Waals surface area contributed by atoms with Gasteiger partial charge in [0.15, 0.2) is 0 Å². The van der Waals surface area contributed by atoms with Crippen LogP contribution in [0.2, 0.25) is 0 Å². The molecule has 142 valence electrons. The van der Waals surface area contributed by atoms with Crippen LogP contribution in [0.5, 0.6) is 0 Å². The van der Waals surface area contributed by atoms with Gasteiger partial charge in [0.2, 0.25) is 5.91 Å². The molecule has 0 radical (unpaired) electrons. The predicted octanol–water partition coefficient (Wildman–Crippen LogP) is 3.75. The third-order valence-electron chi connectivity index (χ3n) is 3.77. The van der Waals surface area contributed by atoms with E-state index in [4.69, 9.17) is 0 Å². The molecule has 1 aromatic rings. The van der Waals surface area contributed by atoms with E-state index in [2.05, 4.69) is 5.32 Å². The van der Waals surface area contributed by atoms with Crippen molar-refractivity contribution in [3.8, 4) is 0 Å². The van der Waals surface area contributed by atoms with Crippen LogP contribution in [-0.2, 0) is 15.8 Å². The van der Waals surface area contributed by atoms with E-state index in [1.807, 2.05) is 0 Å². The molecule has 1 atom stereocenters. The van der Waals surface area contributed by atoms with E-state index in [9.17, 15) is 35.9 Å². The minimum atomic E-state index is -4.99. The zero-order valence-corrected chi connectivity index (χ0v) is 13.2. The zero-order valence-electron chi connectivity index (χ0n) is 13.2. The Morgan fingerprint density at radius 1 is 1.08 bits per heavy atom. The molecule has 2 rings (SSSR count). The second-order valence-corrected chi connectivity index (χ2v) is 5.64. The van der Waals surface area contributed by atoms with Crippen LogP contribution in [-0.4, -0.2) is 35.4 Å². The topological polar surface area (TPSA) is 49.4 Å². The quantitative estimate of drug-likeness (QED) is 0.639. The van der Waals surface area contributed by atoms with Crippen molar-refractivity contribution in [2.24, 2.45) is 0 Å². The largest absolute Gasteiger partial charge is 0.454 e. The molecule has 0 saturated carbocycles. The van der Waals surface area contributed by atoms with Gasteiger partial charge in [-0.2, -0.15) is 26.3 Å². The Balaban J connectivity index is 2.02. The van der Waals surface area contributed by atoms with Gasteiger partial charge in [0, 0.05) is 24.5 Å². The number of alkyl halides is 6. The number of benzene rings is 1. The minimum absolute atomic E-state index is 0.130. The Kier molecular flexibility index (Phi) is 5.62. The number of anilines is 1. The van der Waals surface area contributed by atoms with Crippen molar-refractivity contribution in [1.82, 2.24) is 4.90 Å². The third-order valence-corrected chi connectivity index (χ3v) is 3.77. The molecule has 1 amide bonds. The van der Waals surface area contributed by atoms with Gasteiger partial charge in [-0.05, 0) is 37.1 Å². The van der Waals surface area contributed by atoms with Crippen molar-refractivity contribution in [3.05, 3.63) is 42.1 Å². The summed E-state index contributed by atoms with van der Waals surface area (Å²) in [6, 6.07) is 2.98. The number of nitrogens with one attached hydrogen (secondary N) is 1. The molecule has 1 aliphatic rings. The molecule has 1 fully saturated rings. The third kappa shape index (κ3) is 4.99. The number of carbonyl (C=O) groups is 2. The van der Waals surface area contributed by atoms with Gasteiger partial charge in [0.1, 0.15) is 6.04 Å². The number of rotatable bonds is 4. The first-order valence-corrected chi connectivity index (χ1v) is 7.52. The number of amides is 1. The van der Waals surface area contributed by atoms with Gasteiger partial charge in [-0.15, -0.1) is 0 Å². The van der Waals surface area contributed by atoms with Gasteiger partial charge in [-0.25, -0.2) is 0 Å². The summed E-state index contributed by atoms with van der Waals surface area (Å²) < 4.78 is 74.1. The maximum absolute atomic E-state index is 12.5. The van der Waals surface area contributed by atoms with Gasteiger partial charge in [-0.1, -0.05) is 0 Å². The number of ketones is 1. The molecule has 0 spiro atoms. The molecule has 10 heteroatoms. The summed E-state index contributed by atoms with van der Waals surface area (Å²) in [6.07, 6.45) is -7.36. The van der Waals surface area contributed by atoms with E-state index in [0.717, 1.165) is 30.5 Å². The molecule has 0 bridgehead atoms. The minimum Gasteiger partial charge on any atom is -0.365 e. The smallest absolute Gasteiger partial charge is 0.365 e. The molecule has 0 aromatic heterocycles. The fraction of sp³-hybridized carbons (Fsp3) is 0.375. The lowest BCUT2D eigenvalue weighted by Crippen LogP contribution is -2.36. The summed E-state index contributed by atoms with van der Waals surface area (Å²) >= 11 is 0. The lowest BCUT2D eigenvalue weighted by Gasteiger charge is -2.22. The van der Waals surface area contributed by atoms with Crippen LogP contribution in [0.4, 0.5) is 32.0 Å². The maximum atomic E-state index is 12.5. The highest BCUT2D eigenvalue weighted by Gasteiger charge is 2.37. The number of hydrogen-bond donors (Lipinski definition) is 1. The fourth-order valence-corrected chi connectivity index (χ4v) is 2.48. The molecule has 1 unspecified atom stereocenters. The first-order valence-electron chi connectivity index (χ1n) is 7.52. The average molecular weight is 380 g/mol. The first-order chi connectivity index (χ1) is 12.0. The van der Waals surface area contributed by atoms with Crippen molar-refractivity contribution >= 4 is 17.4 Å². The second-order valence-electron chi connectivity index (χ2n) is 5.64. The van der Waals surface area contributed by atoms with Crippen molar-refractivity contribution < 1.29 is 35.9 Å². The van der Waals surface area contributed by atoms with Crippen molar-refractivity contribution in [2.75, 3.05) is 11.9 Å². The summed E-state index contributed by atoms with van der Waals surface area (Å²) in [4.78, 5) is 24.4. The number of allylic oxidation sites excluding steroid dienone is 1. The molecule has 1 saturated heterocycles. The average Bonchev–Trinajstić information content (AvgIpc) is 2.99. The lowest BCUT2D eigenvalue weighted by atomic mass is 10.1. The highest BCUT2D eigenvalue weighted by atomic mass is 19.4. The van der Waals surface area contributed by atoms with Gasteiger partial charge >= 0.3 is 12.4 Å². The van der Waals surface area contributed by atoms with E-state index in [1.165, 1.54) is 4.90 Å². The Hall–Kier alpha value is -2.52. The molecule has 1 aliphatic heterocycles. The Labute approximate surface area is 144 Å². The van der Waals surface area contributed by atoms with E-state index < -0.39 is 35.6 Å². The number of likely N-dealkylation sites (tertiary alicyclic amines) is 1. The molecule has 1 heterocycles. The molecular formula is C16H14F6N2O2. The van der Waals surface area contributed by atoms with Crippen LogP contribution >= 0.6 is 0 Å².